The Labute approximate surface area is 120 Å². The van der Waals surface area contributed by atoms with E-state index in [0.29, 0.717) is 11.3 Å². The summed E-state index contributed by atoms with van der Waals surface area (Å²) < 4.78 is 14.8. The zero-order chi connectivity index (χ0) is 14.9. The van der Waals surface area contributed by atoms with Crippen molar-refractivity contribution >= 4 is 17.6 Å². The molecule has 20 heavy (non-hydrogen) atoms. The lowest BCUT2D eigenvalue weighted by molar-refractivity contribution is 0.0688. The number of hydrogen-bond acceptors (Lipinski definition) is 3. The van der Waals surface area contributed by atoms with Gasteiger partial charge >= 0.3 is 5.97 Å². The van der Waals surface area contributed by atoms with Crippen molar-refractivity contribution in [2.75, 3.05) is 0 Å². The first kappa shape index (κ1) is 14.5. The summed E-state index contributed by atoms with van der Waals surface area (Å²) >= 11 is 5.89. The third-order valence-electron chi connectivity index (χ3n) is 2.87. The van der Waals surface area contributed by atoms with Crippen LogP contribution in [0.15, 0.2) is 18.2 Å². The first-order valence-electron chi connectivity index (χ1n) is 6.01. The van der Waals surface area contributed by atoms with Crippen LogP contribution in [-0.4, -0.2) is 26.1 Å². The van der Waals surface area contributed by atoms with Crippen molar-refractivity contribution in [3.63, 3.8) is 0 Å². The third kappa shape index (κ3) is 2.65. The molecule has 1 aromatic carbocycles. The summed E-state index contributed by atoms with van der Waals surface area (Å²) in [6.07, 6.45) is 0. The van der Waals surface area contributed by atoms with Gasteiger partial charge in [0.2, 0.25) is 0 Å². The average Bonchev–Trinajstić information content (AvgIpc) is 2.79. The highest BCUT2D eigenvalue weighted by Gasteiger charge is 2.22. The van der Waals surface area contributed by atoms with Crippen molar-refractivity contribution in [2.45, 2.75) is 26.3 Å². The number of carboxylic acids is 1. The van der Waals surface area contributed by atoms with Gasteiger partial charge in [-0.25, -0.2) is 13.9 Å². The van der Waals surface area contributed by atoms with Crippen molar-refractivity contribution in [3.8, 4) is 0 Å². The number of carbonyl (C=O) groups is 1. The maximum Gasteiger partial charge on any atom is 0.358 e. The molecule has 0 amide bonds. The van der Waals surface area contributed by atoms with Crippen LogP contribution in [0.25, 0.3) is 0 Å². The standard InChI is InChI=1S/C13H13ClFN3O2/c1-7(2)12-11(13(19)20)16-17-18(12)6-8-4-3-5-9(15)10(8)14/h3-5,7H,6H2,1-2H3,(H,19,20). The van der Waals surface area contributed by atoms with Crippen LogP contribution in [0.2, 0.25) is 5.02 Å². The molecule has 1 heterocycles. The van der Waals surface area contributed by atoms with Gasteiger partial charge in [-0.2, -0.15) is 0 Å². The molecule has 7 heteroatoms. The van der Waals surface area contributed by atoms with E-state index in [1.807, 2.05) is 13.8 Å². The highest BCUT2D eigenvalue weighted by molar-refractivity contribution is 6.31. The van der Waals surface area contributed by atoms with E-state index in [1.54, 1.807) is 12.1 Å². The molecule has 0 fully saturated rings. The molecular weight excluding hydrogens is 285 g/mol. The van der Waals surface area contributed by atoms with Gasteiger partial charge in [0, 0.05) is 0 Å². The van der Waals surface area contributed by atoms with Crippen LogP contribution < -0.4 is 0 Å². The van der Waals surface area contributed by atoms with Gasteiger partial charge < -0.3 is 5.11 Å². The maximum absolute atomic E-state index is 13.4. The van der Waals surface area contributed by atoms with Gasteiger partial charge in [-0.05, 0) is 17.5 Å². The third-order valence-corrected chi connectivity index (χ3v) is 3.30. The van der Waals surface area contributed by atoms with E-state index in [4.69, 9.17) is 16.7 Å². The fraction of sp³-hybridized carbons (Fsp3) is 0.308. The summed E-state index contributed by atoms with van der Waals surface area (Å²) in [5.41, 5.74) is 0.917. The Morgan fingerprint density at radius 3 is 2.80 bits per heavy atom. The minimum Gasteiger partial charge on any atom is -0.476 e. The molecule has 0 aliphatic rings. The zero-order valence-electron chi connectivity index (χ0n) is 11.0. The summed E-state index contributed by atoms with van der Waals surface area (Å²) in [4.78, 5) is 11.1. The van der Waals surface area contributed by atoms with Crippen LogP contribution >= 0.6 is 11.6 Å². The number of carboxylic acid groups (broad SMARTS) is 1. The summed E-state index contributed by atoms with van der Waals surface area (Å²) in [7, 11) is 0. The lowest BCUT2D eigenvalue weighted by atomic mass is 10.1. The second-order valence-corrected chi connectivity index (χ2v) is 5.03. The van der Waals surface area contributed by atoms with Gasteiger partial charge in [-0.15, -0.1) is 5.10 Å². The number of hydrogen-bond donors (Lipinski definition) is 1. The van der Waals surface area contributed by atoms with E-state index in [0.717, 1.165) is 0 Å². The van der Waals surface area contributed by atoms with Crippen molar-refractivity contribution in [3.05, 3.63) is 46.0 Å². The highest BCUT2D eigenvalue weighted by atomic mass is 35.5. The average molecular weight is 298 g/mol. The summed E-state index contributed by atoms with van der Waals surface area (Å²) in [6, 6.07) is 4.47. The minimum atomic E-state index is -1.13. The lowest BCUT2D eigenvalue weighted by Gasteiger charge is -2.11. The van der Waals surface area contributed by atoms with Crippen LogP contribution in [-0.2, 0) is 6.54 Å². The Balaban J connectivity index is 2.44. The summed E-state index contributed by atoms with van der Waals surface area (Å²) in [5, 5.41) is 16.6. The SMILES string of the molecule is CC(C)c1c(C(=O)O)nnn1Cc1cccc(F)c1Cl. The number of nitrogens with zero attached hydrogens (tertiary/aromatic N) is 3. The number of benzene rings is 1. The predicted octanol–water partition coefficient (Wildman–Crippen LogP) is 2.94. The zero-order valence-corrected chi connectivity index (χ0v) is 11.7. The minimum absolute atomic E-state index is 0.00887. The molecule has 0 saturated heterocycles. The smallest absolute Gasteiger partial charge is 0.358 e. The second kappa shape index (κ2) is 5.58. The fourth-order valence-corrected chi connectivity index (χ4v) is 2.18. The molecule has 0 aliphatic heterocycles. The van der Waals surface area contributed by atoms with Crippen LogP contribution in [0.4, 0.5) is 4.39 Å². The Hall–Kier alpha value is -1.95. The molecule has 0 aliphatic carbocycles. The van der Waals surface area contributed by atoms with Gasteiger partial charge in [0.25, 0.3) is 0 Å². The van der Waals surface area contributed by atoms with Gasteiger partial charge in [-0.1, -0.05) is 42.8 Å². The molecule has 0 saturated carbocycles. The van der Waals surface area contributed by atoms with Crippen molar-refractivity contribution < 1.29 is 14.3 Å². The molecular formula is C13H13ClFN3O2. The van der Waals surface area contributed by atoms with E-state index in [9.17, 15) is 9.18 Å². The van der Waals surface area contributed by atoms with Crippen LogP contribution in [0.5, 0.6) is 0 Å². The molecule has 106 valence electrons. The number of aromatic carboxylic acids is 1. The van der Waals surface area contributed by atoms with E-state index >= 15 is 0 Å². The molecule has 0 unspecified atom stereocenters. The van der Waals surface area contributed by atoms with Gasteiger partial charge in [0.05, 0.1) is 17.3 Å². The normalized spacial score (nSPS) is 11.1. The number of rotatable bonds is 4. The maximum atomic E-state index is 13.4. The Kier molecular flexibility index (Phi) is 4.04. The summed E-state index contributed by atoms with van der Waals surface area (Å²) in [6.45, 7) is 3.86. The van der Waals surface area contributed by atoms with Crippen molar-refractivity contribution in [1.82, 2.24) is 15.0 Å². The molecule has 5 nitrogen and oxygen atoms in total. The Morgan fingerprint density at radius 2 is 2.20 bits per heavy atom. The lowest BCUT2D eigenvalue weighted by Crippen LogP contribution is -2.11. The van der Waals surface area contributed by atoms with Gasteiger partial charge in [-0.3, -0.25) is 0 Å². The second-order valence-electron chi connectivity index (χ2n) is 4.65. The molecule has 2 aromatic rings. The topological polar surface area (TPSA) is 68.0 Å². The molecule has 1 N–H and O–H groups in total. The van der Waals surface area contributed by atoms with Crippen LogP contribution in [0, 0.1) is 5.82 Å². The first-order chi connectivity index (χ1) is 9.41. The van der Waals surface area contributed by atoms with E-state index in [2.05, 4.69) is 10.3 Å². The number of aromatic nitrogens is 3. The monoisotopic (exact) mass is 297 g/mol. The van der Waals surface area contributed by atoms with E-state index in [1.165, 1.54) is 10.7 Å². The van der Waals surface area contributed by atoms with Gasteiger partial charge in [0.1, 0.15) is 5.82 Å². The Bertz CT molecular complexity index is 655. The largest absolute Gasteiger partial charge is 0.476 e. The molecule has 0 radical (unpaired) electrons. The van der Waals surface area contributed by atoms with Gasteiger partial charge in [0.15, 0.2) is 5.69 Å². The Morgan fingerprint density at radius 1 is 1.50 bits per heavy atom. The molecule has 2 rings (SSSR count). The van der Waals surface area contributed by atoms with Crippen LogP contribution in [0.3, 0.4) is 0 Å². The highest BCUT2D eigenvalue weighted by Crippen LogP contribution is 2.23. The predicted molar refractivity (Wildman–Crippen MR) is 71.6 cm³/mol. The summed E-state index contributed by atoms with van der Waals surface area (Å²) in [5.74, 6) is -1.73. The number of halogens is 2. The molecule has 0 atom stereocenters. The first-order valence-corrected chi connectivity index (χ1v) is 6.39. The fourth-order valence-electron chi connectivity index (χ4n) is 1.99. The molecule has 1 aromatic heterocycles. The molecule has 0 spiro atoms. The van der Waals surface area contributed by atoms with Crippen molar-refractivity contribution in [2.24, 2.45) is 0 Å². The quantitative estimate of drug-likeness (QED) is 0.942. The van der Waals surface area contributed by atoms with Crippen molar-refractivity contribution in [1.29, 1.82) is 0 Å². The van der Waals surface area contributed by atoms with E-state index < -0.39 is 11.8 Å². The van der Waals surface area contributed by atoms with E-state index in [-0.39, 0.29) is 23.2 Å². The molecule has 0 bridgehead atoms. The van der Waals surface area contributed by atoms with Crippen LogP contribution in [0.1, 0.15) is 41.5 Å².